The lowest BCUT2D eigenvalue weighted by atomic mass is 10.3. The Labute approximate surface area is 94.4 Å². The molecular weight excluding hydrogens is 230 g/mol. The van der Waals surface area contributed by atoms with Crippen molar-refractivity contribution in [3.63, 3.8) is 0 Å². The fourth-order valence-corrected chi connectivity index (χ4v) is 1.81. The van der Waals surface area contributed by atoms with Crippen molar-refractivity contribution in [2.75, 3.05) is 6.79 Å². The topological polar surface area (TPSA) is 72.0 Å². The van der Waals surface area contributed by atoms with Crippen LogP contribution in [0.25, 0.3) is 5.69 Å². The normalized spacial score (nSPS) is 13.0. The number of benzene rings is 1. The molecule has 0 saturated carbocycles. The molecule has 0 aliphatic carbocycles. The maximum atomic E-state index is 11.5. The minimum atomic E-state index is -0.316. The van der Waals surface area contributed by atoms with Crippen LogP contribution in [0.3, 0.4) is 0 Å². The Morgan fingerprint density at radius 2 is 2.06 bits per heavy atom. The van der Waals surface area contributed by atoms with Crippen LogP contribution in [-0.2, 0) is 0 Å². The Morgan fingerprint density at radius 3 is 2.81 bits per heavy atom. The predicted octanol–water partition coefficient (Wildman–Crippen LogP) is 0.952. The predicted molar refractivity (Wildman–Crippen MR) is 57.7 cm³/mol. The third kappa shape index (κ3) is 1.25. The average Bonchev–Trinajstić information content (AvgIpc) is 2.85. The fourth-order valence-electron chi connectivity index (χ4n) is 1.57. The van der Waals surface area contributed by atoms with Crippen molar-refractivity contribution in [1.82, 2.24) is 14.8 Å². The first-order valence-electron chi connectivity index (χ1n) is 4.55. The molecule has 2 N–H and O–H groups in total. The number of nitrogens with zero attached hydrogens (tertiary/aromatic N) is 1. The third-order valence-corrected chi connectivity index (χ3v) is 2.58. The molecule has 0 fully saturated rings. The second kappa shape index (κ2) is 3.24. The van der Waals surface area contributed by atoms with E-state index in [4.69, 9.17) is 21.7 Å². The third-order valence-electron chi connectivity index (χ3n) is 2.30. The molecule has 7 heteroatoms. The second-order valence-corrected chi connectivity index (χ2v) is 3.62. The first-order valence-corrected chi connectivity index (χ1v) is 4.96. The first-order chi connectivity index (χ1) is 7.75. The second-order valence-electron chi connectivity index (χ2n) is 3.23. The summed E-state index contributed by atoms with van der Waals surface area (Å²) in [6, 6.07) is 5.19. The zero-order valence-corrected chi connectivity index (χ0v) is 8.84. The van der Waals surface area contributed by atoms with Gasteiger partial charge in [-0.3, -0.25) is 5.10 Å². The van der Waals surface area contributed by atoms with Crippen LogP contribution in [-0.4, -0.2) is 21.6 Å². The summed E-state index contributed by atoms with van der Waals surface area (Å²) in [7, 11) is 0. The zero-order chi connectivity index (χ0) is 11.1. The molecular formula is C9H7N3O3S. The standard InChI is InChI=1S/C9H7N3O3S/c13-8-10-11-9(16)12(8)5-1-2-6-7(3-5)15-4-14-6/h1-3H,4H2,(H,10,13)(H,11,16). The van der Waals surface area contributed by atoms with Crippen molar-refractivity contribution in [1.29, 1.82) is 0 Å². The monoisotopic (exact) mass is 237 g/mol. The van der Waals surface area contributed by atoms with E-state index in [-0.39, 0.29) is 12.5 Å². The fraction of sp³-hybridized carbons (Fsp3) is 0.111. The van der Waals surface area contributed by atoms with Gasteiger partial charge in [-0.1, -0.05) is 0 Å². The quantitative estimate of drug-likeness (QED) is 0.724. The lowest BCUT2D eigenvalue weighted by Crippen LogP contribution is -2.14. The molecule has 0 spiro atoms. The van der Waals surface area contributed by atoms with Crippen molar-refractivity contribution >= 4 is 12.2 Å². The molecule has 0 amide bonds. The SMILES string of the molecule is O=c1[nH][nH]c(=S)n1-c1ccc2c(c1)OCO2. The minimum Gasteiger partial charge on any atom is -0.454 e. The molecule has 2 aromatic rings. The smallest absolute Gasteiger partial charge is 0.347 e. The van der Waals surface area contributed by atoms with Crippen LogP contribution in [0.5, 0.6) is 11.5 Å². The molecule has 0 unspecified atom stereocenters. The van der Waals surface area contributed by atoms with E-state index in [1.54, 1.807) is 18.2 Å². The van der Waals surface area contributed by atoms with Crippen LogP contribution in [0.4, 0.5) is 0 Å². The molecule has 82 valence electrons. The summed E-state index contributed by atoms with van der Waals surface area (Å²) in [6.45, 7) is 0.202. The highest BCUT2D eigenvalue weighted by Gasteiger charge is 2.14. The Balaban J connectivity index is 2.22. The molecule has 0 saturated heterocycles. The Hall–Kier alpha value is -2.02. The van der Waals surface area contributed by atoms with Gasteiger partial charge in [0.1, 0.15) is 0 Å². The number of H-pyrrole nitrogens is 2. The van der Waals surface area contributed by atoms with Gasteiger partial charge in [0.05, 0.1) is 5.69 Å². The van der Waals surface area contributed by atoms with Crippen LogP contribution in [0, 0.1) is 4.77 Å². The van der Waals surface area contributed by atoms with Crippen molar-refractivity contribution in [2.24, 2.45) is 0 Å². The van der Waals surface area contributed by atoms with Crippen molar-refractivity contribution in [3.05, 3.63) is 33.5 Å². The van der Waals surface area contributed by atoms with Crippen LogP contribution >= 0.6 is 12.2 Å². The van der Waals surface area contributed by atoms with E-state index in [0.29, 0.717) is 22.0 Å². The largest absolute Gasteiger partial charge is 0.454 e. The molecule has 16 heavy (non-hydrogen) atoms. The number of ether oxygens (including phenoxy) is 2. The molecule has 1 aromatic carbocycles. The van der Waals surface area contributed by atoms with E-state index in [1.807, 2.05) is 0 Å². The number of aromatic nitrogens is 3. The van der Waals surface area contributed by atoms with Crippen LogP contribution < -0.4 is 15.2 Å². The summed E-state index contributed by atoms with van der Waals surface area (Å²) < 4.78 is 12.1. The van der Waals surface area contributed by atoms with Crippen molar-refractivity contribution < 1.29 is 9.47 Å². The van der Waals surface area contributed by atoms with Gasteiger partial charge in [0.15, 0.2) is 11.5 Å². The Morgan fingerprint density at radius 1 is 1.25 bits per heavy atom. The Kier molecular flexibility index (Phi) is 1.87. The summed E-state index contributed by atoms with van der Waals surface area (Å²) in [5.74, 6) is 1.28. The van der Waals surface area contributed by atoms with Gasteiger partial charge < -0.3 is 9.47 Å². The van der Waals surface area contributed by atoms with Gasteiger partial charge in [-0.2, -0.15) is 0 Å². The summed E-state index contributed by atoms with van der Waals surface area (Å²) in [5.41, 5.74) is 0.320. The number of aromatic amines is 2. The van der Waals surface area contributed by atoms with Gasteiger partial charge in [-0.25, -0.2) is 14.5 Å². The van der Waals surface area contributed by atoms with Crippen molar-refractivity contribution in [2.45, 2.75) is 0 Å². The molecule has 0 radical (unpaired) electrons. The van der Waals surface area contributed by atoms with Gasteiger partial charge >= 0.3 is 5.69 Å². The molecule has 1 aromatic heterocycles. The van der Waals surface area contributed by atoms with E-state index in [0.717, 1.165) is 0 Å². The van der Waals surface area contributed by atoms with E-state index >= 15 is 0 Å². The minimum absolute atomic E-state index is 0.202. The lowest BCUT2D eigenvalue weighted by Gasteiger charge is -2.01. The zero-order valence-electron chi connectivity index (χ0n) is 8.02. The van der Waals surface area contributed by atoms with E-state index in [1.165, 1.54) is 4.57 Å². The number of hydrogen-bond acceptors (Lipinski definition) is 4. The maximum Gasteiger partial charge on any atom is 0.347 e. The van der Waals surface area contributed by atoms with E-state index in [2.05, 4.69) is 10.2 Å². The van der Waals surface area contributed by atoms with Gasteiger partial charge in [-0.05, 0) is 24.4 Å². The average molecular weight is 237 g/mol. The van der Waals surface area contributed by atoms with Gasteiger partial charge in [-0.15, -0.1) is 0 Å². The summed E-state index contributed by atoms with van der Waals surface area (Å²) >= 11 is 4.99. The van der Waals surface area contributed by atoms with Gasteiger partial charge in [0.2, 0.25) is 11.6 Å². The van der Waals surface area contributed by atoms with E-state index in [9.17, 15) is 4.79 Å². The lowest BCUT2D eigenvalue weighted by molar-refractivity contribution is 0.174. The molecule has 0 bridgehead atoms. The highest BCUT2D eigenvalue weighted by Crippen LogP contribution is 2.33. The van der Waals surface area contributed by atoms with Crippen LogP contribution in [0.15, 0.2) is 23.0 Å². The molecule has 1 aliphatic rings. The van der Waals surface area contributed by atoms with E-state index < -0.39 is 0 Å². The van der Waals surface area contributed by atoms with Crippen molar-refractivity contribution in [3.8, 4) is 17.2 Å². The van der Waals surface area contributed by atoms with Crippen LogP contribution in [0.2, 0.25) is 0 Å². The highest BCUT2D eigenvalue weighted by atomic mass is 32.1. The number of nitrogens with one attached hydrogen (secondary N) is 2. The van der Waals surface area contributed by atoms with Crippen LogP contribution in [0.1, 0.15) is 0 Å². The molecule has 0 atom stereocenters. The summed E-state index contributed by atoms with van der Waals surface area (Å²) in [5, 5.41) is 4.98. The Bertz CT molecular complexity index is 627. The highest BCUT2D eigenvalue weighted by molar-refractivity contribution is 7.71. The molecule has 1 aliphatic heterocycles. The number of hydrogen-bond donors (Lipinski definition) is 2. The summed E-state index contributed by atoms with van der Waals surface area (Å²) in [6.07, 6.45) is 0. The molecule has 3 rings (SSSR count). The first kappa shape index (κ1) is 9.22. The molecule has 2 heterocycles. The summed E-state index contributed by atoms with van der Waals surface area (Å²) in [4.78, 5) is 11.5. The van der Waals surface area contributed by atoms with Gasteiger partial charge in [0.25, 0.3) is 0 Å². The number of rotatable bonds is 1. The number of fused-ring (bicyclic) bond motifs is 1. The molecule has 6 nitrogen and oxygen atoms in total. The van der Waals surface area contributed by atoms with Gasteiger partial charge in [0, 0.05) is 6.07 Å². The maximum absolute atomic E-state index is 11.5.